The summed E-state index contributed by atoms with van der Waals surface area (Å²) < 4.78 is 0. The van der Waals surface area contributed by atoms with Gasteiger partial charge < -0.3 is 11.1 Å². The van der Waals surface area contributed by atoms with Gasteiger partial charge in [-0.05, 0) is 17.4 Å². The summed E-state index contributed by atoms with van der Waals surface area (Å²) in [6.07, 6.45) is 1.16. The van der Waals surface area contributed by atoms with Crippen LogP contribution in [0.3, 0.4) is 0 Å². The Morgan fingerprint density at radius 3 is 2.62 bits per heavy atom. The molecule has 124 valence electrons. The zero-order valence-electron chi connectivity index (χ0n) is 13.0. The highest BCUT2D eigenvalue weighted by Crippen LogP contribution is 2.47. The van der Waals surface area contributed by atoms with Gasteiger partial charge in [-0.25, -0.2) is 4.98 Å². The lowest BCUT2D eigenvalue weighted by Crippen LogP contribution is -2.28. The first-order valence-electron chi connectivity index (χ1n) is 7.91. The number of rotatable bonds is 5. The van der Waals surface area contributed by atoms with Gasteiger partial charge in [-0.3, -0.25) is 15.0 Å². The quantitative estimate of drug-likeness (QED) is 0.633. The summed E-state index contributed by atoms with van der Waals surface area (Å²) in [5.41, 5.74) is 6.67. The second-order valence-corrected chi connectivity index (χ2v) is 6.40. The lowest BCUT2D eigenvalue weighted by molar-refractivity contribution is -0.384. The van der Waals surface area contributed by atoms with Crippen molar-refractivity contribution in [3.63, 3.8) is 0 Å². The molecule has 0 amide bonds. The maximum Gasteiger partial charge on any atom is 0.329 e. The Bertz CT molecular complexity index is 756. The summed E-state index contributed by atoms with van der Waals surface area (Å²) in [6.45, 7) is 3.06. The molecule has 1 aromatic carbocycles. The number of aromatic nitrogens is 2. The number of nitrogen functional groups attached to an aromatic ring is 1. The van der Waals surface area contributed by atoms with Gasteiger partial charge in [-0.1, -0.05) is 30.3 Å². The smallest absolute Gasteiger partial charge is 0.329 e. The molecule has 24 heavy (non-hydrogen) atoms. The summed E-state index contributed by atoms with van der Waals surface area (Å²) in [6, 6.07) is 10.8. The number of hydrogen-bond donors (Lipinski definition) is 2. The van der Waals surface area contributed by atoms with E-state index in [-0.39, 0.29) is 11.5 Å². The fraction of sp³-hybridized carbons (Fsp3) is 0.375. The zero-order chi connectivity index (χ0) is 16.7. The number of piperidine rings is 1. The van der Waals surface area contributed by atoms with Crippen molar-refractivity contribution in [1.29, 1.82) is 0 Å². The van der Waals surface area contributed by atoms with E-state index in [1.807, 2.05) is 6.07 Å². The van der Waals surface area contributed by atoms with Crippen molar-refractivity contribution in [3.8, 4) is 0 Å². The number of nitrogens with one attached hydrogen (secondary N) is 1. The van der Waals surface area contributed by atoms with E-state index in [9.17, 15) is 10.1 Å². The first-order valence-corrected chi connectivity index (χ1v) is 7.91. The van der Waals surface area contributed by atoms with Crippen LogP contribution in [0.2, 0.25) is 0 Å². The number of nitrogens with two attached hydrogens (primary N) is 1. The molecule has 4 rings (SSSR count). The standard InChI is InChI=1S/C16H18N6O2/c17-15-13(22(23)24)6-18-16(20-15)19-14-11-8-21(9-12(11)14)7-10-4-2-1-3-5-10/h1-6,11-12,14H,7-9H2,(H3,17,18,19,20)/t11-,12+,14?. The Kier molecular flexibility index (Phi) is 3.53. The van der Waals surface area contributed by atoms with E-state index < -0.39 is 4.92 Å². The molecule has 1 aliphatic heterocycles. The van der Waals surface area contributed by atoms with E-state index in [2.05, 4.69) is 44.5 Å². The fourth-order valence-corrected chi connectivity index (χ4v) is 3.55. The van der Waals surface area contributed by atoms with Crippen molar-refractivity contribution < 1.29 is 4.92 Å². The third-order valence-electron chi connectivity index (χ3n) is 4.81. The van der Waals surface area contributed by atoms with E-state index in [4.69, 9.17) is 5.73 Å². The molecule has 8 nitrogen and oxygen atoms in total. The number of benzene rings is 1. The maximum absolute atomic E-state index is 10.7. The zero-order valence-corrected chi connectivity index (χ0v) is 13.0. The lowest BCUT2D eigenvalue weighted by Gasteiger charge is -2.19. The summed E-state index contributed by atoms with van der Waals surface area (Å²) in [5.74, 6) is 1.42. The van der Waals surface area contributed by atoms with Crippen LogP contribution in [0.1, 0.15) is 5.56 Å². The molecule has 2 heterocycles. The average Bonchev–Trinajstić information content (AvgIpc) is 3.00. The fourth-order valence-electron chi connectivity index (χ4n) is 3.55. The maximum atomic E-state index is 10.7. The second kappa shape index (κ2) is 5.72. The van der Waals surface area contributed by atoms with Gasteiger partial charge in [0.2, 0.25) is 11.8 Å². The van der Waals surface area contributed by atoms with Crippen LogP contribution in [0.4, 0.5) is 17.5 Å². The number of nitro groups is 1. The molecule has 2 aromatic rings. The number of fused-ring (bicyclic) bond motifs is 1. The minimum atomic E-state index is -0.577. The van der Waals surface area contributed by atoms with E-state index in [0.29, 0.717) is 23.8 Å². The Morgan fingerprint density at radius 2 is 2.00 bits per heavy atom. The Hall–Kier alpha value is -2.74. The number of anilines is 2. The number of likely N-dealkylation sites (tertiary alicyclic amines) is 1. The van der Waals surface area contributed by atoms with Crippen LogP contribution in [-0.4, -0.2) is 38.9 Å². The van der Waals surface area contributed by atoms with Crippen LogP contribution in [0.15, 0.2) is 36.5 Å². The first-order chi connectivity index (χ1) is 11.6. The van der Waals surface area contributed by atoms with Gasteiger partial charge in [0.1, 0.15) is 6.20 Å². The van der Waals surface area contributed by atoms with E-state index >= 15 is 0 Å². The predicted octanol–water partition coefficient (Wildman–Crippen LogP) is 1.51. The van der Waals surface area contributed by atoms with Gasteiger partial charge in [0, 0.05) is 25.7 Å². The second-order valence-electron chi connectivity index (χ2n) is 6.40. The van der Waals surface area contributed by atoms with Gasteiger partial charge in [0.05, 0.1) is 4.92 Å². The minimum absolute atomic E-state index is 0.103. The van der Waals surface area contributed by atoms with Crippen molar-refractivity contribution in [2.75, 3.05) is 24.1 Å². The van der Waals surface area contributed by atoms with Crippen LogP contribution >= 0.6 is 0 Å². The van der Waals surface area contributed by atoms with Crippen LogP contribution in [0.25, 0.3) is 0 Å². The van der Waals surface area contributed by atoms with Gasteiger partial charge in [0.15, 0.2) is 0 Å². The Morgan fingerprint density at radius 1 is 1.29 bits per heavy atom. The molecule has 3 N–H and O–H groups in total. The minimum Gasteiger partial charge on any atom is -0.378 e. The average molecular weight is 326 g/mol. The summed E-state index contributed by atoms with van der Waals surface area (Å²) in [4.78, 5) is 20.6. The third-order valence-corrected chi connectivity index (χ3v) is 4.81. The number of nitrogens with zero attached hydrogens (tertiary/aromatic N) is 4. The van der Waals surface area contributed by atoms with Crippen LogP contribution < -0.4 is 11.1 Å². The number of hydrogen-bond acceptors (Lipinski definition) is 7. The SMILES string of the molecule is Nc1nc(NC2[C@H]3CN(Cc4ccccc4)C[C@@H]23)ncc1[N+](=O)[O-]. The van der Waals surface area contributed by atoms with Crippen LogP contribution in [0.5, 0.6) is 0 Å². The molecule has 0 bridgehead atoms. The van der Waals surface area contributed by atoms with Crippen LogP contribution in [0, 0.1) is 22.0 Å². The Balaban J connectivity index is 1.33. The van der Waals surface area contributed by atoms with Crippen molar-refractivity contribution in [3.05, 3.63) is 52.2 Å². The lowest BCUT2D eigenvalue weighted by atomic mass is 10.2. The van der Waals surface area contributed by atoms with Gasteiger partial charge in [-0.15, -0.1) is 0 Å². The predicted molar refractivity (Wildman–Crippen MR) is 89.2 cm³/mol. The molecule has 1 aliphatic carbocycles. The van der Waals surface area contributed by atoms with Crippen molar-refractivity contribution >= 4 is 17.5 Å². The highest BCUT2D eigenvalue weighted by Gasteiger charge is 2.55. The highest BCUT2D eigenvalue weighted by molar-refractivity contribution is 5.53. The molecule has 1 saturated carbocycles. The molecule has 2 aliphatic rings. The summed E-state index contributed by atoms with van der Waals surface area (Å²) in [5, 5.41) is 14.0. The molecule has 1 aromatic heterocycles. The van der Waals surface area contributed by atoms with Gasteiger partial charge in [-0.2, -0.15) is 4.98 Å². The summed E-state index contributed by atoms with van der Waals surface area (Å²) in [7, 11) is 0. The molecular weight excluding hydrogens is 308 g/mol. The van der Waals surface area contributed by atoms with Crippen molar-refractivity contribution in [2.45, 2.75) is 12.6 Å². The van der Waals surface area contributed by atoms with E-state index in [0.717, 1.165) is 25.8 Å². The summed E-state index contributed by atoms with van der Waals surface area (Å²) >= 11 is 0. The van der Waals surface area contributed by atoms with Gasteiger partial charge in [0.25, 0.3) is 0 Å². The normalized spacial score (nSPS) is 25.2. The third kappa shape index (κ3) is 2.76. The topological polar surface area (TPSA) is 110 Å². The molecule has 1 unspecified atom stereocenters. The molecule has 2 fully saturated rings. The van der Waals surface area contributed by atoms with Gasteiger partial charge >= 0.3 is 5.69 Å². The monoisotopic (exact) mass is 326 g/mol. The molecule has 0 radical (unpaired) electrons. The molecular formula is C16H18N6O2. The van der Waals surface area contributed by atoms with E-state index in [1.54, 1.807) is 0 Å². The largest absolute Gasteiger partial charge is 0.378 e. The van der Waals surface area contributed by atoms with E-state index in [1.165, 1.54) is 5.56 Å². The molecule has 8 heteroatoms. The Labute approximate surface area is 138 Å². The molecule has 0 spiro atoms. The highest BCUT2D eigenvalue weighted by atomic mass is 16.6. The first kappa shape index (κ1) is 14.8. The van der Waals surface area contributed by atoms with Crippen LogP contribution in [-0.2, 0) is 6.54 Å². The molecule has 1 saturated heterocycles. The van der Waals surface area contributed by atoms with Crippen molar-refractivity contribution in [2.24, 2.45) is 11.8 Å². The van der Waals surface area contributed by atoms with Crippen molar-refractivity contribution in [1.82, 2.24) is 14.9 Å². The molecule has 3 atom stereocenters.